The van der Waals surface area contributed by atoms with Crippen molar-refractivity contribution in [3.63, 3.8) is 0 Å². The normalized spacial score (nSPS) is 9.57. The van der Waals surface area contributed by atoms with Crippen LogP contribution in [0.2, 0.25) is 0 Å². The topological polar surface area (TPSA) is 78.3 Å². The van der Waals surface area contributed by atoms with Crippen molar-refractivity contribution in [3.8, 4) is 17.7 Å². The Hall–Kier alpha value is -3.07. The van der Waals surface area contributed by atoms with Crippen LogP contribution in [0, 0.1) is 11.3 Å². The van der Waals surface area contributed by atoms with Gasteiger partial charge in [0.1, 0.15) is 11.8 Å². The number of ether oxygens (including phenoxy) is 1. The first-order valence-corrected chi connectivity index (χ1v) is 6.21. The number of carbonyl (C=O) groups is 1. The quantitative estimate of drug-likeness (QED) is 0.938. The summed E-state index contributed by atoms with van der Waals surface area (Å²) >= 11 is 0. The number of nitrogens with zero attached hydrogens (tertiary/aromatic N) is 3. The van der Waals surface area contributed by atoms with Crippen molar-refractivity contribution < 1.29 is 9.53 Å². The molecule has 0 atom stereocenters. The van der Waals surface area contributed by atoms with Crippen LogP contribution in [0.4, 0.5) is 10.5 Å². The third-order valence-electron chi connectivity index (χ3n) is 2.60. The molecule has 0 aliphatic heterocycles. The van der Waals surface area contributed by atoms with Gasteiger partial charge in [0.05, 0.1) is 5.56 Å². The average molecular weight is 282 g/mol. The molecule has 6 heteroatoms. The number of amides is 2. The van der Waals surface area contributed by atoms with E-state index in [1.165, 1.54) is 11.1 Å². The fraction of sp³-hybridized carbons (Fsp3) is 0.133. The number of benzene rings is 1. The molecule has 1 N–H and O–H groups in total. The minimum Gasteiger partial charge on any atom is -0.439 e. The third kappa shape index (κ3) is 3.94. The fourth-order valence-corrected chi connectivity index (χ4v) is 1.47. The van der Waals surface area contributed by atoms with Crippen molar-refractivity contribution in [3.05, 3.63) is 48.2 Å². The number of hydrogen-bond acceptors (Lipinski definition) is 4. The highest BCUT2D eigenvalue weighted by Gasteiger charge is 2.04. The van der Waals surface area contributed by atoms with Crippen LogP contribution in [0.25, 0.3) is 0 Å². The van der Waals surface area contributed by atoms with Gasteiger partial charge in [-0.2, -0.15) is 5.26 Å². The van der Waals surface area contributed by atoms with E-state index in [2.05, 4.69) is 10.3 Å². The SMILES string of the molecule is CN(C)C(=O)Nc1ccc(Oc2ccc(C#N)cn2)cc1. The van der Waals surface area contributed by atoms with Gasteiger partial charge in [0.2, 0.25) is 5.88 Å². The molecule has 0 spiro atoms. The molecule has 6 nitrogen and oxygen atoms in total. The van der Waals surface area contributed by atoms with E-state index in [1.54, 1.807) is 50.5 Å². The second kappa shape index (κ2) is 6.39. The Labute approximate surface area is 122 Å². The van der Waals surface area contributed by atoms with Crippen molar-refractivity contribution in [1.82, 2.24) is 9.88 Å². The number of aromatic nitrogens is 1. The summed E-state index contributed by atoms with van der Waals surface area (Å²) in [7, 11) is 3.34. The Balaban J connectivity index is 2.02. The van der Waals surface area contributed by atoms with Gasteiger partial charge < -0.3 is 15.0 Å². The van der Waals surface area contributed by atoms with Gasteiger partial charge in [-0.15, -0.1) is 0 Å². The Bertz CT molecular complexity index is 658. The average Bonchev–Trinajstić information content (AvgIpc) is 2.50. The van der Waals surface area contributed by atoms with Crippen LogP contribution in [0.15, 0.2) is 42.6 Å². The number of carbonyl (C=O) groups excluding carboxylic acids is 1. The Morgan fingerprint density at radius 3 is 2.48 bits per heavy atom. The molecule has 0 bridgehead atoms. The molecule has 1 heterocycles. The van der Waals surface area contributed by atoms with Crippen molar-refractivity contribution in [2.75, 3.05) is 19.4 Å². The molecule has 0 radical (unpaired) electrons. The van der Waals surface area contributed by atoms with Crippen LogP contribution in [0.5, 0.6) is 11.6 Å². The van der Waals surface area contributed by atoms with Gasteiger partial charge in [-0.05, 0) is 30.3 Å². The molecule has 0 saturated carbocycles. The summed E-state index contributed by atoms with van der Waals surface area (Å²) in [6.07, 6.45) is 1.45. The van der Waals surface area contributed by atoms with Gasteiger partial charge in [0, 0.05) is 32.0 Å². The van der Waals surface area contributed by atoms with E-state index in [4.69, 9.17) is 10.00 Å². The molecule has 0 fully saturated rings. The lowest BCUT2D eigenvalue weighted by atomic mass is 10.3. The maximum absolute atomic E-state index is 11.5. The molecule has 2 rings (SSSR count). The van der Waals surface area contributed by atoms with Crippen LogP contribution >= 0.6 is 0 Å². The minimum absolute atomic E-state index is 0.197. The van der Waals surface area contributed by atoms with Crippen molar-refractivity contribution in [2.24, 2.45) is 0 Å². The number of rotatable bonds is 3. The number of urea groups is 1. The zero-order chi connectivity index (χ0) is 15.2. The van der Waals surface area contributed by atoms with E-state index in [0.717, 1.165) is 0 Å². The van der Waals surface area contributed by atoms with Crippen LogP contribution in [-0.4, -0.2) is 30.0 Å². The molecule has 0 aliphatic carbocycles. The maximum Gasteiger partial charge on any atom is 0.321 e. The highest BCUT2D eigenvalue weighted by molar-refractivity contribution is 5.88. The van der Waals surface area contributed by atoms with E-state index < -0.39 is 0 Å². The Morgan fingerprint density at radius 1 is 1.24 bits per heavy atom. The van der Waals surface area contributed by atoms with E-state index in [1.807, 2.05) is 6.07 Å². The van der Waals surface area contributed by atoms with Crippen molar-refractivity contribution >= 4 is 11.7 Å². The fourth-order valence-electron chi connectivity index (χ4n) is 1.47. The standard InChI is InChI=1S/C15H14N4O2/c1-19(2)15(20)18-12-4-6-13(7-5-12)21-14-8-3-11(9-16)10-17-14/h3-8,10H,1-2H3,(H,18,20). The number of anilines is 1. The van der Waals surface area contributed by atoms with E-state index in [0.29, 0.717) is 22.9 Å². The summed E-state index contributed by atoms with van der Waals surface area (Å²) in [6, 6.07) is 12.0. The molecule has 106 valence electrons. The summed E-state index contributed by atoms with van der Waals surface area (Å²) in [5, 5.41) is 11.4. The number of hydrogen-bond donors (Lipinski definition) is 1. The predicted molar refractivity (Wildman–Crippen MR) is 78.2 cm³/mol. The van der Waals surface area contributed by atoms with Gasteiger partial charge >= 0.3 is 6.03 Å². The van der Waals surface area contributed by atoms with Gasteiger partial charge in [0.25, 0.3) is 0 Å². The van der Waals surface area contributed by atoms with E-state index >= 15 is 0 Å². The van der Waals surface area contributed by atoms with E-state index in [-0.39, 0.29) is 6.03 Å². The van der Waals surface area contributed by atoms with Crippen molar-refractivity contribution in [2.45, 2.75) is 0 Å². The summed E-state index contributed by atoms with van der Waals surface area (Å²) in [6.45, 7) is 0. The van der Waals surface area contributed by atoms with Gasteiger partial charge in [-0.1, -0.05) is 0 Å². The third-order valence-corrected chi connectivity index (χ3v) is 2.60. The molecular formula is C15H14N4O2. The molecule has 2 amide bonds. The predicted octanol–water partition coefficient (Wildman–Crippen LogP) is 2.84. The van der Waals surface area contributed by atoms with Gasteiger partial charge in [-0.3, -0.25) is 0 Å². The largest absolute Gasteiger partial charge is 0.439 e. The Morgan fingerprint density at radius 2 is 1.95 bits per heavy atom. The lowest BCUT2D eigenvalue weighted by Gasteiger charge is -2.12. The minimum atomic E-state index is -0.197. The zero-order valence-corrected chi connectivity index (χ0v) is 11.7. The Kier molecular flexibility index (Phi) is 4.36. The van der Waals surface area contributed by atoms with Crippen molar-refractivity contribution in [1.29, 1.82) is 5.26 Å². The first-order chi connectivity index (χ1) is 10.1. The summed E-state index contributed by atoms with van der Waals surface area (Å²) in [4.78, 5) is 17.0. The molecule has 0 saturated heterocycles. The van der Waals surface area contributed by atoms with Crippen LogP contribution in [0.1, 0.15) is 5.56 Å². The summed E-state index contributed by atoms with van der Waals surface area (Å²) in [5.74, 6) is 0.995. The molecule has 1 aromatic heterocycles. The number of pyridine rings is 1. The lowest BCUT2D eigenvalue weighted by molar-refractivity contribution is 0.230. The first-order valence-electron chi connectivity index (χ1n) is 6.21. The lowest BCUT2D eigenvalue weighted by Crippen LogP contribution is -2.27. The van der Waals surface area contributed by atoms with Crippen LogP contribution < -0.4 is 10.1 Å². The summed E-state index contributed by atoms with van der Waals surface area (Å²) < 4.78 is 5.54. The molecule has 21 heavy (non-hydrogen) atoms. The molecular weight excluding hydrogens is 268 g/mol. The van der Waals surface area contributed by atoms with Gasteiger partial charge in [0.15, 0.2) is 0 Å². The molecule has 0 unspecified atom stereocenters. The molecule has 0 aliphatic rings. The summed E-state index contributed by atoms with van der Waals surface area (Å²) in [5.41, 5.74) is 1.15. The maximum atomic E-state index is 11.5. The second-order valence-corrected chi connectivity index (χ2v) is 4.45. The van der Waals surface area contributed by atoms with Crippen LogP contribution in [-0.2, 0) is 0 Å². The monoisotopic (exact) mass is 282 g/mol. The highest BCUT2D eigenvalue weighted by atomic mass is 16.5. The first kappa shape index (κ1) is 14.3. The zero-order valence-electron chi connectivity index (χ0n) is 11.7. The van der Waals surface area contributed by atoms with Crippen LogP contribution in [0.3, 0.4) is 0 Å². The van der Waals surface area contributed by atoms with Gasteiger partial charge in [-0.25, -0.2) is 9.78 Å². The highest BCUT2D eigenvalue weighted by Crippen LogP contribution is 2.21. The molecule has 1 aromatic carbocycles. The molecule has 2 aromatic rings. The van der Waals surface area contributed by atoms with E-state index in [9.17, 15) is 4.79 Å². The smallest absolute Gasteiger partial charge is 0.321 e. The number of nitriles is 1. The number of nitrogens with one attached hydrogen (secondary N) is 1. The second-order valence-electron chi connectivity index (χ2n) is 4.45.